The second kappa shape index (κ2) is 11.4. The van der Waals surface area contributed by atoms with Crippen molar-refractivity contribution in [2.75, 3.05) is 26.8 Å². The molecule has 1 amide bonds. The van der Waals surface area contributed by atoms with Crippen molar-refractivity contribution < 1.29 is 23.5 Å². The Morgan fingerprint density at radius 2 is 1.85 bits per heavy atom. The summed E-state index contributed by atoms with van der Waals surface area (Å²) in [6, 6.07) is 5.86. The largest absolute Gasteiger partial charge is 0.469 e. The van der Waals surface area contributed by atoms with Gasteiger partial charge in [0, 0.05) is 25.8 Å². The van der Waals surface area contributed by atoms with E-state index in [-0.39, 0.29) is 30.3 Å². The maximum atomic E-state index is 12.9. The highest BCUT2D eigenvalue weighted by Crippen LogP contribution is 2.08. The summed E-state index contributed by atoms with van der Waals surface area (Å²) in [4.78, 5) is 25.8. The number of nitrogens with zero attached hydrogens (tertiary/aromatic N) is 1. The van der Waals surface area contributed by atoms with Crippen LogP contribution in [0.25, 0.3) is 6.08 Å². The second-order valence-corrected chi connectivity index (χ2v) is 6.37. The summed E-state index contributed by atoms with van der Waals surface area (Å²) >= 11 is 0. The van der Waals surface area contributed by atoms with E-state index < -0.39 is 5.92 Å². The Kier molecular flexibility index (Phi) is 9.58. The fourth-order valence-electron chi connectivity index (χ4n) is 2.32. The molecule has 5 nitrogen and oxygen atoms in total. The highest BCUT2D eigenvalue weighted by molar-refractivity contribution is 5.92. The predicted octanol–water partition coefficient (Wildman–Crippen LogP) is 3.29. The van der Waals surface area contributed by atoms with Crippen LogP contribution in [0.3, 0.4) is 0 Å². The van der Waals surface area contributed by atoms with Crippen LogP contribution in [0.4, 0.5) is 4.39 Å². The number of methoxy groups -OCH3 is 1. The molecule has 0 aliphatic rings. The first-order valence-corrected chi connectivity index (χ1v) is 8.75. The van der Waals surface area contributed by atoms with Gasteiger partial charge in [0.1, 0.15) is 5.82 Å². The number of amides is 1. The van der Waals surface area contributed by atoms with Crippen molar-refractivity contribution in [1.29, 1.82) is 0 Å². The van der Waals surface area contributed by atoms with Crippen molar-refractivity contribution in [2.45, 2.75) is 33.3 Å². The van der Waals surface area contributed by atoms with Crippen molar-refractivity contribution in [3.05, 3.63) is 41.7 Å². The van der Waals surface area contributed by atoms with E-state index in [2.05, 4.69) is 0 Å². The number of hydrogen-bond donors (Lipinski definition) is 0. The standard InChI is InChI=1S/C20H28FNO4/c1-15(2)26-13-5-12-22(14-16(3)20(24)25-4)19(23)11-8-17-6-9-18(21)10-7-17/h6-11,15-16H,5,12-14H2,1-4H3/b11-8+. The number of carbonyl (C=O) groups is 2. The quantitative estimate of drug-likeness (QED) is 0.363. The third-order valence-corrected chi connectivity index (χ3v) is 3.72. The normalized spacial score (nSPS) is 12.4. The molecule has 0 saturated carbocycles. The minimum atomic E-state index is -0.422. The summed E-state index contributed by atoms with van der Waals surface area (Å²) in [6.45, 7) is 6.90. The third-order valence-electron chi connectivity index (χ3n) is 3.72. The van der Waals surface area contributed by atoms with Crippen LogP contribution >= 0.6 is 0 Å². The van der Waals surface area contributed by atoms with Gasteiger partial charge in [0.05, 0.1) is 19.1 Å². The molecular weight excluding hydrogens is 337 g/mol. The average Bonchev–Trinajstić information content (AvgIpc) is 2.62. The fraction of sp³-hybridized carbons (Fsp3) is 0.500. The molecule has 0 spiro atoms. The SMILES string of the molecule is COC(=O)C(C)CN(CCCOC(C)C)C(=O)/C=C/c1ccc(F)cc1. The molecule has 0 N–H and O–H groups in total. The Morgan fingerprint density at radius 3 is 2.42 bits per heavy atom. The Balaban J connectivity index is 2.72. The number of halogens is 1. The number of rotatable bonds is 10. The zero-order chi connectivity index (χ0) is 19.5. The van der Waals surface area contributed by atoms with Crippen LogP contribution in [-0.2, 0) is 19.1 Å². The molecule has 6 heteroatoms. The van der Waals surface area contributed by atoms with Crippen LogP contribution in [0, 0.1) is 11.7 Å². The smallest absolute Gasteiger partial charge is 0.310 e. The van der Waals surface area contributed by atoms with Gasteiger partial charge in [-0.2, -0.15) is 0 Å². The second-order valence-electron chi connectivity index (χ2n) is 6.37. The summed E-state index contributed by atoms with van der Waals surface area (Å²) in [5.74, 6) is -1.32. The van der Waals surface area contributed by atoms with E-state index in [1.165, 1.54) is 25.3 Å². The summed E-state index contributed by atoms with van der Waals surface area (Å²) < 4.78 is 23.2. The highest BCUT2D eigenvalue weighted by atomic mass is 19.1. The summed E-state index contributed by atoms with van der Waals surface area (Å²) in [5, 5.41) is 0. The molecule has 1 aromatic rings. The first-order valence-electron chi connectivity index (χ1n) is 8.75. The van der Waals surface area contributed by atoms with Gasteiger partial charge >= 0.3 is 5.97 Å². The van der Waals surface area contributed by atoms with E-state index in [1.54, 1.807) is 30.0 Å². The van der Waals surface area contributed by atoms with Crippen molar-refractivity contribution in [1.82, 2.24) is 4.90 Å². The molecule has 144 valence electrons. The maximum Gasteiger partial charge on any atom is 0.310 e. The zero-order valence-corrected chi connectivity index (χ0v) is 15.9. The molecule has 1 aromatic carbocycles. The van der Waals surface area contributed by atoms with Crippen molar-refractivity contribution >= 4 is 18.0 Å². The summed E-state index contributed by atoms with van der Waals surface area (Å²) in [7, 11) is 1.33. The number of ether oxygens (including phenoxy) is 2. The minimum absolute atomic E-state index is 0.131. The molecule has 1 rings (SSSR count). The molecule has 0 aromatic heterocycles. The Bertz CT molecular complexity index is 598. The number of carbonyl (C=O) groups excluding carboxylic acids is 2. The van der Waals surface area contributed by atoms with E-state index in [9.17, 15) is 14.0 Å². The molecular formula is C20H28FNO4. The van der Waals surface area contributed by atoms with Gasteiger partial charge < -0.3 is 14.4 Å². The predicted molar refractivity (Wildman–Crippen MR) is 98.9 cm³/mol. The first-order chi connectivity index (χ1) is 12.3. The van der Waals surface area contributed by atoms with Crippen LogP contribution in [-0.4, -0.2) is 49.7 Å². The third kappa shape index (κ3) is 8.25. The van der Waals surface area contributed by atoms with Crippen LogP contribution in [0.15, 0.2) is 30.3 Å². The Hall–Kier alpha value is -2.21. The number of esters is 1. The average molecular weight is 365 g/mol. The maximum absolute atomic E-state index is 12.9. The van der Waals surface area contributed by atoms with Crippen molar-refractivity contribution in [2.24, 2.45) is 5.92 Å². The lowest BCUT2D eigenvalue weighted by Crippen LogP contribution is -2.37. The first kappa shape index (κ1) is 21.8. The van der Waals surface area contributed by atoms with Crippen LogP contribution in [0.2, 0.25) is 0 Å². The van der Waals surface area contributed by atoms with Gasteiger partial charge in [-0.05, 0) is 44.0 Å². The number of hydrogen-bond acceptors (Lipinski definition) is 4. The van der Waals surface area contributed by atoms with Gasteiger partial charge in [0.25, 0.3) is 0 Å². The van der Waals surface area contributed by atoms with Crippen molar-refractivity contribution in [3.8, 4) is 0 Å². The molecule has 1 atom stereocenters. The zero-order valence-electron chi connectivity index (χ0n) is 15.9. The van der Waals surface area contributed by atoms with E-state index in [0.717, 1.165) is 5.56 Å². The summed E-state index contributed by atoms with van der Waals surface area (Å²) in [5.41, 5.74) is 0.726. The van der Waals surface area contributed by atoms with Gasteiger partial charge in [0.15, 0.2) is 0 Å². The van der Waals surface area contributed by atoms with Gasteiger partial charge in [0.2, 0.25) is 5.91 Å². The highest BCUT2D eigenvalue weighted by Gasteiger charge is 2.20. The number of benzene rings is 1. The topological polar surface area (TPSA) is 55.8 Å². The van der Waals surface area contributed by atoms with Crippen LogP contribution < -0.4 is 0 Å². The molecule has 0 heterocycles. The summed E-state index contributed by atoms with van der Waals surface area (Å²) in [6.07, 6.45) is 3.86. The van der Waals surface area contributed by atoms with Crippen LogP contribution in [0.1, 0.15) is 32.8 Å². The Morgan fingerprint density at radius 1 is 1.19 bits per heavy atom. The van der Waals surface area contributed by atoms with Gasteiger partial charge in [-0.25, -0.2) is 4.39 Å². The molecule has 0 fully saturated rings. The fourth-order valence-corrected chi connectivity index (χ4v) is 2.32. The molecule has 0 aliphatic heterocycles. The van der Waals surface area contributed by atoms with E-state index in [1.807, 2.05) is 13.8 Å². The monoisotopic (exact) mass is 365 g/mol. The van der Waals surface area contributed by atoms with Gasteiger partial charge in [-0.1, -0.05) is 19.1 Å². The Labute approximate surface area is 154 Å². The van der Waals surface area contributed by atoms with Crippen LogP contribution in [0.5, 0.6) is 0 Å². The van der Waals surface area contributed by atoms with Crippen molar-refractivity contribution in [3.63, 3.8) is 0 Å². The van der Waals surface area contributed by atoms with Gasteiger partial charge in [-0.3, -0.25) is 9.59 Å². The molecule has 0 bridgehead atoms. The molecule has 26 heavy (non-hydrogen) atoms. The van der Waals surface area contributed by atoms with E-state index in [0.29, 0.717) is 19.6 Å². The van der Waals surface area contributed by atoms with Gasteiger partial charge in [-0.15, -0.1) is 0 Å². The molecule has 0 saturated heterocycles. The lowest BCUT2D eigenvalue weighted by molar-refractivity contribution is -0.146. The lowest BCUT2D eigenvalue weighted by atomic mass is 10.1. The molecule has 0 radical (unpaired) electrons. The molecule has 0 aliphatic carbocycles. The lowest BCUT2D eigenvalue weighted by Gasteiger charge is -2.24. The molecule has 1 unspecified atom stereocenters. The van der Waals surface area contributed by atoms with E-state index >= 15 is 0 Å². The minimum Gasteiger partial charge on any atom is -0.469 e. The van der Waals surface area contributed by atoms with E-state index in [4.69, 9.17) is 9.47 Å².